The van der Waals surface area contributed by atoms with Gasteiger partial charge in [-0.05, 0) is 32.2 Å². The Kier molecular flexibility index (Phi) is 3.64. The van der Waals surface area contributed by atoms with E-state index in [1.807, 2.05) is 11.7 Å². The number of aromatic nitrogens is 2. The minimum Gasteiger partial charge on any atom is -0.303 e. The third kappa shape index (κ3) is 2.76. The van der Waals surface area contributed by atoms with Crippen LogP contribution in [0.5, 0.6) is 0 Å². The lowest BCUT2D eigenvalue weighted by molar-refractivity contribution is 0.498. The molecule has 0 aromatic carbocycles. The van der Waals surface area contributed by atoms with Crippen molar-refractivity contribution in [3.8, 4) is 0 Å². The van der Waals surface area contributed by atoms with Gasteiger partial charge in [0.25, 0.3) is 0 Å². The third-order valence-electron chi connectivity index (χ3n) is 2.99. The molecule has 17 heavy (non-hydrogen) atoms. The van der Waals surface area contributed by atoms with E-state index in [2.05, 4.69) is 54.9 Å². The second-order valence-electron chi connectivity index (χ2n) is 4.47. The molecule has 0 fully saturated rings. The summed E-state index contributed by atoms with van der Waals surface area (Å²) in [5.41, 5.74) is 2.38. The zero-order valence-electron chi connectivity index (χ0n) is 10.8. The van der Waals surface area contributed by atoms with E-state index in [1.54, 1.807) is 11.3 Å². The summed E-state index contributed by atoms with van der Waals surface area (Å²) in [6, 6.07) is 4.97. The average molecular weight is 249 g/mol. The Bertz CT molecular complexity index is 473. The van der Waals surface area contributed by atoms with Gasteiger partial charge in [0.05, 0.1) is 5.69 Å². The molecule has 0 aliphatic heterocycles. The lowest BCUT2D eigenvalue weighted by Crippen LogP contribution is -2.22. The predicted octanol–water partition coefficient (Wildman–Crippen LogP) is 3.20. The normalized spacial score (nSPS) is 14.8. The molecule has 0 radical (unpaired) electrons. The molecule has 0 spiro atoms. The first-order valence-corrected chi connectivity index (χ1v) is 6.75. The van der Waals surface area contributed by atoms with Crippen LogP contribution in [0.25, 0.3) is 0 Å². The first-order chi connectivity index (χ1) is 8.08. The number of thiophene rings is 1. The molecule has 2 aromatic heterocycles. The summed E-state index contributed by atoms with van der Waals surface area (Å²) in [7, 11) is 1.96. The first kappa shape index (κ1) is 12.3. The van der Waals surface area contributed by atoms with Crippen LogP contribution < -0.4 is 5.32 Å². The molecular weight excluding hydrogens is 230 g/mol. The first-order valence-electron chi connectivity index (χ1n) is 5.87. The predicted molar refractivity (Wildman–Crippen MR) is 72.2 cm³/mol. The number of aryl methyl sites for hydroxylation is 2. The van der Waals surface area contributed by atoms with Crippen LogP contribution in [-0.2, 0) is 7.05 Å². The Morgan fingerprint density at radius 3 is 2.65 bits per heavy atom. The highest BCUT2D eigenvalue weighted by Gasteiger charge is 2.15. The van der Waals surface area contributed by atoms with E-state index in [0.717, 1.165) is 5.69 Å². The summed E-state index contributed by atoms with van der Waals surface area (Å²) in [5.74, 6) is 0. The second-order valence-corrected chi connectivity index (χ2v) is 5.45. The standard InChI is InChI=1S/C13H19N3S/c1-9(12-8-16(4)15-10(12)2)14-11(3)13-6-5-7-17-13/h5-9,11,14H,1-4H3/t9?,11-/m0/s1. The van der Waals surface area contributed by atoms with Crippen molar-refractivity contribution >= 4 is 11.3 Å². The van der Waals surface area contributed by atoms with Crippen LogP contribution in [0.4, 0.5) is 0 Å². The van der Waals surface area contributed by atoms with Crippen LogP contribution in [0.1, 0.15) is 42.1 Å². The van der Waals surface area contributed by atoms with E-state index in [0.29, 0.717) is 12.1 Å². The molecule has 4 heteroatoms. The van der Waals surface area contributed by atoms with Gasteiger partial charge in [-0.15, -0.1) is 11.3 Å². The largest absolute Gasteiger partial charge is 0.303 e. The number of nitrogens with zero attached hydrogens (tertiary/aromatic N) is 2. The monoisotopic (exact) mass is 249 g/mol. The van der Waals surface area contributed by atoms with Crippen molar-refractivity contribution in [2.75, 3.05) is 0 Å². The van der Waals surface area contributed by atoms with E-state index < -0.39 is 0 Å². The average Bonchev–Trinajstić information content (AvgIpc) is 2.87. The second kappa shape index (κ2) is 5.02. The third-order valence-corrected chi connectivity index (χ3v) is 4.04. The number of hydrogen-bond acceptors (Lipinski definition) is 3. The van der Waals surface area contributed by atoms with Crippen LogP contribution in [0.15, 0.2) is 23.7 Å². The number of rotatable bonds is 4. The van der Waals surface area contributed by atoms with Gasteiger partial charge in [0.1, 0.15) is 0 Å². The zero-order chi connectivity index (χ0) is 12.4. The minimum absolute atomic E-state index is 0.320. The molecule has 3 nitrogen and oxygen atoms in total. The molecule has 2 heterocycles. The van der Waals surface area contributed by atoms with Gasteiger partial charge in [-0.25, -0.2) is 0 Å². The maximum Gasteiger partial charge on any atom is 0.0641 e. The summed E-state index contributed by atoms with van der Waals surface area (Å²) in [5, 5.41) is 10.1. The molecule has 2 rings (SSSR count). The molecule has 0 amide bonds. The van der Waals surface area contributed by atoms with Crippen molar-refractivity contribution in [2.45, 2.75) is 32.9 Å². The quantitative estimate of drug-likeness (QED) is 0.901. The maximum atomic E-state index is 4.38. The summed E-state index contributed by atoms with van der Waals surface area (Å²) in [6.45, 7) is 6.45. The van der Waals surface area contributed by atoms with E-state index in [9.17, 15) is 0 Å². The van der Waals surface area contributed by atoms with Gasteiger partial charge in [-0.3, -0.25) is 4.68 Å². The Balaban J connectivity index is 2.06. The van der Waals surface area contributed by atoms with Crippen LogP contribution >= 0.6 is 11.3 Å². The van der Waals surface area contributed by atoms with Crippen molar-refractivity contribution in [2.24, 2.45) is 7.05 Å². The van der Waals surface area contributed by atoms with Gasteiger partial charge in [-0.2, -0.15) is 5.10 Å². The van der Waals surface area contributed by atoms with Gasteiger partial charge in [0.15, 0.2) is 0 Å². The van der Waals surface area contributed by atoms with Crippen molar-refractivity contribution in [3.63, 3.8) is 0 Å². The van der Waals surface area contributed by atoms with Crippen molar-refractivity contribution in [3.05, 3.63) is 39.8 Å². The SMILES string of the molecule is Cc1nn(C)cc1C(C)N[C@@H](C)c1cccs1. The van der Waals surface area contributed by atoms with Crippen LogP contribution in [-0.4, -0.2) is 9.78 Å². The fraction of sp³-hybridized carbons (Fsp3) is 0.462. The van der Waals surface area contributed by atoms with Crippen molar-refractivity contribution in [1.82, 2.24) is 15.1 Å². The van der Waals surface area contributed by atoms with Crippen LogP contribution in [0.3, 0.4) is 0 Å². The van der Waals surface area contributed by atoms with Gasteiger partial charge < -0.3 is 5.32 Å². The van der Waals surface area contributed by atoms with Gasteiger partial charge in [0.2, 0.25) is 0 Å². The molecule has 1 N–H and O–H groups in total. The molecule has 0 saturated carbocycles. The smallest absolute Gasteiger partial charge is 0.0641 e. The zero-order valence-corrected chi connectivity index (χ0v) is 11.6. The summed E-state index contributed by atoms with van der Waals surface area (Å²) in [4.78, 5) is 1.37. The topological polar surface area (TPSA) is 29.9 Å². The van der Waals surface area contributed by atoms with E-state index in [4.69, 9.17) is 0 Å². The van der Waals surface area contributed by atoms with Crippen LogP contribution in [0, 0.1) is 6.92 Å². The van der Waals surface area contributed by atoms with E-state index in [1.165, 1.54) is 10.4 Å². The molecule has 0 aliphatic carbocycles. The number of hydrogen-bond donors (Lipinski definition) is 1. The maximum absolute atomic E-state index is 4.38. The highest BCUT2D eigenvalue weighted by molar-refractivity contribution is 7.10. The Morgan fingerprint density at radius 2 is 2.12 bits per heavy atom. The molecule has 2 atom stereocenters. The summed E-state index contributed by atoms with van der Waals surface area (Å²) < 4.78 is 1.87. The fourth-order valence-electron chi connectivity index (χ4n) is 2.13. The molecule has 0 aliphatic rings. The van der Waals surface area contributed by atoms with Crippen molar-refractivity contribution < 1.29 is 0 Å². The lowest BCUT2D eigenvalue weighted by atomic mass is 10.1. The van der Waals surface area contributed by atoms with Crippen LogP contribution in [0.2, 0.25) is 0 Å². The highest BCUT2D eigenvalue weighted by atomic mass is 32.1. The fourth-order valence-corrected chi connectivity index (χ4v) is 2.87. The van der Waals surface area contributed by atoms with E-state index in [-0.39, 0.29) is 0 Å². The molecule has 2 aromatic rings. The van der Waals surface area contributed by atoms with Crippen molar-refractivity contribution in [1.29, 1.82) is 0 Å². The van der Waals surface area contributed by atoms with Gasteiger partial charge in [0, 0.05) is 35.8 Å². The summed E-state index contributed by atoms with van der Waals surface area (Å²) in [6.07, 6.45) is 2.09. The Morgan fingerprint density at radius 1 is 1.35 bits per heavy atom. The number of nitrogens with one attached hydrogen (secondary N) is 1. The lowest BCUT2D eigenvalue weighted by Gasteiger charge is -2.18. The Hall–Kier alpha value is -1.13. The van der Waals surface area contributed by atoms with Gasteiger partial charge >= 0.3 is 0 Å². The molecule has 0 saturated heterocycles. The van der Waals surface area contributed by atoms with Gasteiger partial charge in [-0.1, -0.05) is 6.07 Å². The molecule has 1 unspecified atom stereocenters. The Labute approximate surface area is 106 Å². The molecule has 0 bridgehead atoms. The summed E-state index contributed by atoms with van der Waals surface area (Å²) >= 11 is 1.79. The minimum atomic E-state index is 0.320. The van der Waals surface area contributed by atoms with E-state index >= 15 is 0 Å². The highest BCUT2D eigenvalue weighted by Crippen LogP contribution is 2.23. The molecule has 92 valence electrons. The molecular formula is C13H19N3S.